The average Bonchev–Trinajstić information content (AvgIpc) is 2.93. The summed E-state index contributed by atoms with van der Waals surface area (Å²) in [7, 11) is 0. The van der Waals surface area contributed by atoms with Gasteiger partial charge < -0.3 is 15.2 Å². The Hall–Kier alpha value is -1.58. The number of fused-ring (bicyclic) bond motifs is 2. The Kier molecular flexibility index (Phi) is 8.74. The fourth-order valence-corrected chi connectivity index (χ4v) is 5.81. The molecule has 0 amide bonds. The fraction of sp³-hybridized carbons (Fsp3) is 0.500. The first-order chi connectivity index (χ1) is 15.7. The molecule has 0 spiro atoms. The second-order valence-electron chi connectivity index (χ2n) is 11.3. The van der Waals surface area contributed by atoms with E-state index < -0.39 is 0 Å². The van der Waals surface area contributed by atoms with Crippen molar-refractivity contribution in [3.05, 3.63) is 66.9 Å². The molecule has 2 saturated carbocycles. The smallest absolute Gasteiger partial charge is 0.0646 e. The predicted octanol–water partition coefficient (Wildman–Crippen LogP) is 6.67. The van der Waals surface area contributed by atoms with E-state index >= 15 is 0 Å². The first-order valence-electron chi connectivity index (χ1n) is 12.4. The molecule has 2 aliphatic carbocycles. The first kappa shape index (κ1) is 27.0. The third-order valence-corrected chi connectivity index (χ3v) is 8.07. The van der Waals surface area contributed by atoms with E-state index in [-0.39, 0.29) is 49.1 Å². The Morgan fingerprint density at radius 2 is 1.53 bits per heavy atom. The fourth-order valence-electron chi connectivity index (χ4n) is 5.81. The van der Waals surface area contributed by atoms with Crippen molar-refractivity contribution in [2.24, 2.45) is 22.7 Å². The van der Waals surface area contributed by atoms with E-state index in [9.17, 15) is 10.2 Å². The maximum atomic E-state index is 10.7. The summed E-state index contributed by atoms with van der Waals surface area (Å²) in [6.07, 6.45) is 6.84. The number of aromatic nitrogens is 1. The van der Waals surface area contributed by atoms with Crippen LogP contribution in [0.2, 0.25) is 0 Å². The van der Waals surface area contributed by atoms with E-state index in [0.29, 0.717) is 5.92 Å². The van der Waals surface area contributed by atoms with Gasteiger partial charge in [-0.15, -0.1) is 35.9 Å². The molecule has 0 aliphatic heterocycles. The van der Waals surface area contributed by atoms with Gasteiger partial charge in [0.15, 0.2) is 0 Å². The SMILES string of the molecule is CC1(C)CCCC2CCC(C)(C)C(O)C2C1O.[Ir].[c-]1ccccc1-c1nccc2ccccc12. The van der Waals surface area contributed by atoms with Gasteiger partial charge in [-0.3, -0.25) is 0 Å². The zero-order valence-electron chi connectivity index (χ0n) is 20.8. The van der Waals surface area contributed by atoms with Crippen LogP contribution in [-0.2, 0) is 20.1 Å². The molecule has 1 radical (unpaired) electrons. The molecule has 4 unspecified atom stereocenters. The predicted molar refractivity (Wildman–Crippen MR) is 136 cm³/mol. The van der Waals surface area contributed by atoms with Gasteiger partial charge in [0.05, 0.1) is 12.2 Å². The molecule has 0 bridgehead atoms. The van der Waals surface area contributed by atoms with Crippen LogP contribution in [0.3, 0.4) is 0 Å². The maximum Gasteiger partial charge on any atom is 0.0646 e. The Bertz CT molecular complexity index is 1060. The van der Waals surface area contributed by atoms with Gasteiger partial charge in [0.1, 0.15) is 0 Å². The Morgan fingerprint density at radius 1 is 0.853 bits per heavy atom. The van der Waals surface area contributed by atoms with Gasteiger partial charge in [-0.1, -0.05) is 58.4 Å². The van der Waals surface area contributed by atoms with Crippen LogP contribution in [0, 0.1) is 28.7 Å². The van der Waals surface area contributed by atoms with Crippen LogP contribution in [0.5, 0.6) is 0 Å². The number of benzene rings is 2. The number of nitrogens with zero attached hydrogens (tertiary/aromatic N) is 1. The van der Waals surface area contributed by atoms with Gasteiger partial charge in [-0.2, -0.15) is 0 Å². The van der Waals surface area contributed by atoms with E-state index in [1.54, 1.807) is 0 Å². The van der Waals surface area contributed by atoms with Crippen molar-refractivity contribution in [1.29, 1.82) is 0 Å². The summed E-state index contributed by atoms with van der Waals surface area (Å²) in [4.78, 5) is 4.45. The summed E-state index contributed by atoms with van der Waals surface area (Å²) >= 11 is 0. The largest absolute Gasteiger partial charge is 0.392 e. The molecule has 2 fully saturated rings. The molecule has 3 aromatic rings. The van der Waals surface area contributed by atoms with Crippen LogP contribution in [0.25, 0.3) is 22.0 Å². The van der Waals surface area contributed by atoms with Crippen molar-refractivity contribution in [2.45, 2.75) is 72.0 Å². The van der Waals surface area contributed by atoms with Gasteiger partial charge in [0, 0.05) is 32.2 Å². The van der Waals surface area contributed by atoms with Crippen molar-refractivity contribution < 1.29 is 30.3 Å². The zero-order valence-corrected chi connectivity index (χ0v) is 23.2. The third-order valence-electron chi connectivity index (χ3n) is 8.07. The Labute approximate surface area is 218 Å². The molecular weight excluding hydrogens is 599 g/mol. The average molecular weight is 637 g/mol. The standard InChI is InChI=1S/C15H10N.C15H28O2.Ir/c1-2-7-13(8-3-1)15-14-9-5-4-6-12(14)10-11-16-15;1-14(2)8-5-6-10-7-9-15(3,4)13(17)11(10)12(14)16;/h1-7,9-11H;10-13,16-17H,5-9H2,1-4H3;/q-1;;. The number of aliphatic hydroxyl groups is 2. The Morgan fingerprint density at radius 3 is 2.24 bits per heavy atom. The van der Waals surface area contributed by atoms with Gasteiger partial charge >= 0.3 is 0 Å². The number of hydrogen-bond donors (Lipinski definition) is 2. The third kappa shape index (κ3) is 5.62. The van der Waals surface area contributed by atoms with Crippen molar-refractivity contribution >= 4 is 10.8 Å². The number of rotatable bonds is 1. The minimum Gasteiger partial charge on any atom is -0.392 e. The normalized spacial score (nSPS) is 27.4. The molecule has 185 valence electrons. The number of aliphatic hydroxyl groups excluding tert-OH is 2. The second kappa shape index (κ2) is 11.0. The number of pyridine rings is 1. The zero-order chi connectivity index (χ0) is 23.6. The van der Waals surface area contributed by atoms with Gasteiger partial charge in [0.25, 0.3) is 0 Å². The molecule has 34 heavy (non-hydrogen) atoms. The summed E-state index contributed by atoms with van der Waals surface area (Å²) < 4.78 is 0. The molecule has 5 rings (SSSR count). The van der Waals surface area contributed by atoms with E-state index in [1.807, 2.05) is 48.7 Å². The summed E-state index contributed by atoms with van der Waals surface area (Å²) in [6, 6.07) is 21.4. The van der Waals surface area contributed by atoms with E-state index in [2.05, 4.69) is 50.9 Å². The van der Waals surface area contributed by atoms with Crippen molar-refractivity contribution in [3.8, 4) is 11.3 Å². The monoisotopic (exact) mass is 637 g/mol. The van der Waals surface area contributed by atoms with Crippen LogP contribution in [-0.4, -0.2) is 27.4 Å². The number of hydrogen-bond acceptors (Lipinski definition) is 3. The molecule has 3 nitrogen and oxygen atoms in total. The van der Waals surface area contributed by atoms with Crippen LogP contribution < -0.4 is 0 Å². The molecule has 4 heteroatoms. The summed E-state index contributed by atoms with van der Waals surface area (Å²) in [5, 5.41) is 23.6. The second-order valence-corrected chi connectivity index (χ2v) is 11.3. The van der Waals surface area contributed by atoms with Crippen molar-refractivity contribution in [2.75, 3.05) is 0 Å². The quantitative estimate of drug-likeness (QED) is 0.294. The Balaban J connectivity index is 0.000000185. The topological polar surface area (TPSA) is 53.4 Å². The molecule has 1 aromatic heterocycles. The minimum absolute atomic E-state index is 0. The van der Waals surface area contributed by atoms with E-state index in [0.717, 1.165) is 24.1 Å². The molecule has 4 atom stereocenters. The molecule has 1 heterocycles. The first-order valence-corrected chi connectivity index (χ1v) is 12.4. The maximum absolute atomic E-state index is 10.7. The molecule has 0 saturated heterocycles. The van der Waals surface area contributed by atoms with Gasteiger partial charge in [-0.25, -0.2) is 0 Å². The van der Waals surface area contributed by atoms with Crippen LogP contribution >= 0.6 is 0 Å². The van der Waals surface area contributed by atoms with E-state index in [4.69, 9.17) is 0 Å². The van der Waals surface area contributed by atoms with Crippen LogP contribution in [0.4, 0.5) is 0 Å². The minimum atomic E-state index is -0.357. The van der Waals surface area contributed by atoms with Gasteiger partial charge in [-0.05, 0) is 65.0 Å². The van der Waals surface area contributed by atoms with Crippen molar-refractivity contribution in [1.82, 2.24) is 4.98 Å². The summed E-state index contributed by atoms with van der Waals surface area (Å²) in [5.74, 6) is 0.603. The van der Waals surface area contributed by atoms with Gasteiger partial charge in [0.2, 0.25) is 0 Å². The van der Waals surface area contributed by atoms with E-state index in [1.165, 1.54) is 30.0 Å². The summed E-state index contributed by atoms with van der Waals surface area (Å²) in [5.41, 5.74) is 1.95. The van der Waals surface area contributed by atoms with Crippen molar-refractivity contribution in [3.63, 3.8) is 0 Å². The van der Waals surface area contributed by atoms with Crippen LogP contribution in [0.1, 0.15) is 59.8 Å². The molecule has 2 N–H and O–H groups in total. The summed E-state index contributed by atoms with van der Waals surface area (Å²) in [6.45, 7) is 8.57. The molecular formula is C30H38IrNO2-. The molecule has 2 aromatic carbocycles. The van der Waals surface area contributed by atoms with Crippen LogP contribution in [0.15, 0.2) is 60.8 Å². The molecule has 2 aliphatic rings.